The topological polar surface area (TPSA) is 103 Å². The number of anilines is 3. The summed E-state index contributed by atoms with van der Waals surface area (Å²) in [6, 6.07) is 153. The Labute approximate surface area is 837 Å². The van der Waals surface area contributed by atoms with Crippen molar-refractivity contribution in [2.45, 2.75) is 62.1 Å². The number of thiazole rings is 1. The van der Waals surface area contributed by atoms with E-state index in [2.05, 4.69) is 378 Å². The number of likely N-dealkylation sites (N-methyl/N-ethyl adjacent to an activating group) is 1. The number of oxazole rings is 1. The number of ether oxygens (including phenoxy) is 1. The SMILES string of the molecule is C.CN1c2ccccc2N2c3ccccc3CC12.Cc1ccc2cccc([CH2][Al][O]c3ccc4cc(-c5ccccc5)ccc4c3)c2n1.O=C(C1=CCC2C(=C1)C1(c3ccccc3-c3ccccc31)c1ccccc12)c1ccc2c(c1)C1(c3ccccc3-c3ccccc31)c1ccccc1-2.c1ccc([O][Al][O]c2ccccc2-c2nc3ccccc3o2)cc1.c1ccc2c(c1)OC[n+]1c-2sc2ccccc21. The lowest BCUT2D eigenvalue weighted by atomic mass is 9.68. The number of nitrogens with zero attached hydrogens (tertiary/aromatic N) is 5. The fourth-order valence-electron chi connectivity index (χ4n) is 22.6. The molecule has 2 spiro atoms. The van der Waals surface area contributed by atoms with Crippen LogP contribution in [0.15, 0.2) is 464 Å². The zero-order valence-corrected chi connectivity index (χ0v) is 80.1. The van der Waals surface area contributed by atoms with Crippen molar-refractivity contribution in [3.8, 4) is 89.5 Å². The molecule has 0 saturated heterocycles. The molecule has 2 radical (unpaired) electrons. The number of Topliss-reactive ketones (excluding diaryl/α,β-unsaturated/α-hetero) is 1. The van der Waals surface area contributed by atoms with E-state index in [-0.39, 0.29) is 34.7 Å². The summed E-state index contributed by atoms with van der Waals surface area (Å²) in [6.45, 7) is 2.65. The van der Waals surface area contributed by atoms with Gasteiger partial charge in [0.1, 0.15) is 22.1 Å². The van der Waals surface area contributed by atoms with Crippen LogP contribution in [0.3, 0.4) is 0 Å². The van der Waals surface area contributed by atoms with Crippen molar-refractivity contribution >= 4 is 109 Å². The van der Waals surface area contributed by atoms with Crippen molar-refractivity contribution in [2.75, 3.05) is 16.8 Å². The monoisotopic (exact) mass is 1870 g/mol. The number of carbonyl (C=O) groups is 1. The summed E-state index contributed by atoms with van der Waals surface area (Å²) in [5.74, 6) is 4.28. The van der Waals surface area contributed by atoms with Gasteiger partial charge in [0.05, 0.1) is 56.1 Å². The Morgan fingerprint density at radius 3 is 1.77 bits per heavy atom. The van der Waals surface area contributed by atoms with Gasteiger partial charge in [-0.1, -0.05) is 352 Å². The molecule has 2 unspecified atom stereocenters. The number of aromatic nitrogens is 3. The minimum atomic E-state index is -0.681. The van der Waals surface area contributed by atoms with Crippen LogP contribution in [0.5, 0.6) is 23.0 Å². The molecule has 0 bridgehead atoms. The maximum Gasteiger partial charge on any atom is 0.881 e. The van der Waals surface area contributed by atoms with Crippen LogP contribution in [0.2, 0.25) is 0 Å². The van der Waals surface area contributed by atoms with Crippen LogP contribution in [-0.2, 0) is 29.3 Å². The number of hydrogen-bond donors (Lipinski definition) is 0. The zero-order chi connectivity index (χ0) is 93.4. The van der Waals surface area contributed by atoms with Crippen molar-refractivity contribution < 1.29 is 29.9 Å². The minimum absolute atomic E-state index is 0. The van der Waals surface area contributed by atoms with Gasteiger partial charge in [0.2, 0.25) is 11.4 Å². The fraction of sp³-hybridized carbons (Fsp3) is 0.0866. The molecule has 141 heavy (non-hydrogen) atoms. The number of aryl methyl sites for hydroxylation is 1. The molecule has 0 saturated carbocycles. The maximum absolute atomic E-state index is 15.0. The maximum atomic E-state index is 15.0. The number of rotatable bonds is 12. The highest BCUT2D eigenvalue weighted by atomic mass is 32.1. The molecule has 11 nitrogen and oxygen atoms in total. The lowest BCUT2D eigenvalue weighted by Crippen LogP contribution is -2.39. The number of pyridine rings is 1. The van der Waals surface area contributed by atoms with E-state index in [0.29, 0.717) is 24.5 Å². The summed E-state index contributed by atoms with van der Waals surface area (Å²) >= 11 is 0.950. The smallest absolute Gasteiger partial charge is 0.648 e. The first-order chi connectivity index (χ1) is 69.2. The number of hydrogen-bond acceptors (Lipinski definition) is 11. The molecule has 2 atom stereocenters. The molecule has 0 amide bonds. The molecule has 674 valence electrons. The highest BCUT2D eigenvalue weighted by molar-refractivity contribution is 7.21. The van der Waals surface area contributed by atoms with Gasteiger partial charge in [-0.3, -0.25) is 9.78 Å². The Balaban J connectivity index is 0.000000103. The number of fused-ring (bicyclic) bond motifs is 33. The van der Waals surface area contributed by atoms with Gasteiger partial charge < -0.3 is 30.3 Å². The quantitative estimate of drug-likeness (QED) is 0.0667. The average molecular weight is 1870 g/mol. The summed E-state index contributed by atoms with van der Waals surface area (Å²) < 4.78 is 32.9. The molecule has 3 aromatic heterocycles. The standard InChI is InChI=1S/C51H32O.C16H12O.C15H14N2.C14H10NOS.C13H9NO2.C11H10N.C6H6O.CH4.2Al/c52-49(31-25-27-39-37-17-5-11-23-45(37)50(47(39)29-31)41-19-7-1-13-33(41)34-14-2-8-20-42(34)50)32-26-28-40-38-18-6-12-24-46(38)51(48(40)30-32)43-21-9-3-15-35(43)36-16-4-10-22-44(36)51;17-16-9-8-14-10-13(6-7-15(14)11-16)12-4-2-1-3-5-12;1-16-13-8-4-5-9-14(13)17-12-7-3-2-6-11(12)10-15(16)17;1-3-7-12-10(5-1)14-15(9-16-12)11-6-2-4-8-13(11)17-14;15-11-7-3-1-5-9(11)13-14-10-6-2-4-8-12(10)16-13;1-8-4-3-5-10-7-6-9(2)12-11(8)10;7-6-4-2-1-3-5-6;;;/h1-27,29-30,40H,28H2;1-11,17H;2-9,15H,10H2,1H3;1-8H,9H2;1-8,15H;3-7H,1H2,2H3;1-5,7H;1H4;;/q;;;+1;;;;;+1;+2/p-3. The van der Waals surface area contributed by atoms with E-state index in [1.807, 2.05) is 115 Å². The van der Waals surface area contributed by atoms with Crippen LogP contribution in [0, 0.1) is 6.92 Å². The highest BCUT2D eigenvalue weighted by Crippen LogP contribution is 2.67. The largest absolute Gasteiger partial charge is 0.881 e. The first-order valence-corrected chi connectivity index (χ1v) is 50.8. The Bertz CT molecular complexity index is 8400. The Hall–Kier alpha value is -16.0. The summed E-state index contributed by atoms with van der Waals surface area (Å²) in [6.07, 6.45) is 6.85. The summed E-state index contributed by atoms with van der Waals surface area (Å²) in [5.41, 5.74) is 36.2. The second-order valence-electron chi connectivity index (χ2n) is 36.5. The molecule has 21 aromatic rings. The van der Waals surface area contributed by atoms with Crippen LogP contribution in [0.25, 0.3) is 110 Å². The third kappa shape index (κ3) is 15.2. The van der Waals surface area contributed by atoms with Gasteiger partial charge in [-0.2, -0.15) is 0 Å². The number of para-hydroxylation sites is 10. The van der Waals surface area contributed by atoms with Crippen molar-refractivity contribution in [2.24, 2.45) is 0 Å². The van der Waals surface area contributed by atoms with Gasteiger partial charge in [0.15, 0.2) is 11.4 Å². The lowest BCUT2D eigenvalue weighted by molar-refractivity contribution is -0.689. The number of ketones is 1. The summed E-state index contributed by atoms with van der Waals surface area (Å²) in [7, 11) is 2.19. The lowest BCUT2D eigenvalue weighted by Gasteiger charge is -2.33. The van der Waals surface area contributed by atoms with Crippen molar-refractivity contribution in [3.63, 3.8) is 0 Å². The predicted octanol–water partition coefficient (Wildman–Crippen LogP) is 29.6. The summed E-state index contributed by atoms with van der Waals surface area (Å²) in [4.78, 5) is 29.1. The van der Waals surface area contributed by atoms with Crippen molar-refractivity contribution in [1.29, 1.82) is 0 Å². The predicted molar refractivity (Wildman–Crippen MR) is 573 cm³/mol. The van der Waals surface area contributed by atoms with Gasteiger partial charge >= 0.3 is 31.4 Å². The first kappa shape index (κ1) is 87.8. The molecular weight excluding hydrogens is 1780 g/mol. The van der Waals surface area contributed by atoms with Crippen LogP contribution in [0.4, 0.5) is 17.1 Å². The Kier molecular flexibility index (Phi) is 23.1. The molecule has 8 aliphatic rings. The number of benzene rings is 18. The molecule has 18 aromatic carbocycles. The molecule has 5 aliphatic carbocycles. The van der Waals surface area contributed by atoms with Gasteiger partial charge in [0, 0.05) is 53.4 Å². The zero-order valence-electron chi connectivity index (χ0n) is 77.0. The normalized spacial score (nSPS) is 14.7. The van der Waals surface area contributed by atoms with Gasteiger partial charge in [-0.05, 0) is 244 Å². The Morgan fingerprint density at radius 2 is 1.04 bits per heavy atom. The van der Waals surface area contributed by atoms with E-state index in [9.17, 15) is 0 Å². The first-order valence-electron chi connectivity index (χ1n) is 47.8. The van der Waals surface area contributed by atoms with Crippen LogP contribution >= 0.6 is 11.3 Å². The second kappa shape index (κ2) is 37.1. The molecule has 6 heterocycles. The van der Waals surface area contributed by atoms with E-state index in [1.54, 1.807) is 0 Å². The Morgan fingerprint density at radius 1 is 0.461 bits per heavy atom. The molecule has 0 N–H and O–H groups in total. The van der Waals surface area contributed by atoms with E-state index < -0.39 is 26.7 Å². The van der Waals surface area contributed by atoms with E-state index >= 15 is 4.79 Å². The van der Waals surface area contributed by atoms with E-state index in [4.69, 9.17) is 25.5 Å². The number of carbonyl (C=O) groups excluding carboxylic acids is 1. The third-order valence-electron chi connectivity index (χ3n) is 28.8. The van der Waals surface area contributed by atoms with Crippen LogP contribution in [-0.4, -0.2) is 60.4 Å². The van der Waals surface area contributed by atoms with Gasteiger partial charge in [0.25, 0.3) is 11.7 Å². The van der Waals surface area contributed by atoms with Gasteiger partial charge in [-0.25, -0.2) is 4.98 Å². The average Bonchev–Trinajstić information content (AvgIpc) is 1.51. The number of allylic oxidation sites excluding steroid dienone is 4. The molecule has 14 heteroatoms. The fourth-order valence-corrected chi connectivity index (χ4v) is 25.3. The second-order valence-corrected chi connectivity index (χ2v) is 39.1. The van der Waals surface area contributed by atoms with Crippen molar-refractivity contribution in [3.05, 3.63) is 527 Å². The van der Waals surface area contributed by atoms with Crippen LogP contribution < -0.4 is 30.5 Å². The van der Waals surface area contributed by atoms with E-state index in [1.165, 1.54) is 160 Å². The molecule has 0 fully saturated rings. The summed E-state index contributed by atoms with van der Waals surface area (Å²) in [5, 5.41) is 5.82. The van der Waals surface area contributed by atoms with Gasteiger partial charge in [-0.15, -0.1) is 4.57 Å². The highest BCUT2D eigenvalue weighted by Gasteiger charge is 2.56. The van der Waals surface area contributed by atoms with E-state index in [0.717, 1.165) is 74.4 Å². The molecular formula is C127H94Al2N5O6S+. The van der Waals surface area contributed by atoms with Crippen molar-refractivity contribution in [1.82, 2.24) is 9.97 Å². The van der Waals surface area contributed by atoms with Crippen LogP contribution in [0.1, 0.15) is 91.5 Å². The minimum Gasteiger partial charge on any atom is -0.648 e. The third-order valence-corrected chi connectivity index (χ3v) is 31.8. The molecule has 29 rings (SSSR count). The molecule has 3 aliphatic heterocycles.